The highest BCUT2D eigenvalue weighted by atomic mass is 32.2. The Hall–Kier alpha value is -2.53. The molecule has 1 amide bonds. The van der Waals surface area contributed by atoms with Crippen LogP contribution in [0.3, 0.4) is 0 Å². The fourth-order valence-electron chi connectivity index (χ4n) is 2.75. The first kappa shape index (κ1) is 18.3. The van der Waals surface area contributed by atoms with Gasteiger partial charge in [0.1, 0.15) is 11.5 Å². The normalized spacial score (nSPS) is 16.5. The molecule has 0 aliphatic carbocycles. The number of carbonyl (C=O) groups excluding carboxylic acids is 1. The van der Waals surface area contributed by atoms with Crippen LogP contribution in [0.1, 0.15) is 22.7 Å². The monoisotopic (exact) mass is 380 g/mol. The van der Waals surface area contributed by atoms with Gasteiger partial charge in [0.15, 0.2) is 5.03 Å². The topological polar surface area (TPSA) is 121 Å². The van der Waals surface area contributed by atoms with Crippen molar-refractivity contribution in [3.05, 3.63) is 40.2 Å². The van der Waals surface area contributed by atoms with Crippen LogP contribution in [-0.2, 0) is 17.1 Å². The van der Waals surface area contributed by atoms with Gasteiger partial charge in [-0.3, -0.25) is 9.59 Å². The Balaban J connectivity index is 1.74. The first-order valence-electron chi connectivity index (χ1n) is 8.14. The summed E-state index contributed by atoms with van der Waals surface area (Å²) in [5, 5.41) is 5.98. The van der Waals surface area contributed by atoms with Crippen LogP contribution in [0.25, 0.3) is 0 Å². The number of aromatic amines is 1. The molecular weight excluding hydrogens is 360 g/mol. The summed E-state index contributed by atoms with van der Waals surface area (Å²) < 4.78 is 28.6. The van der Waals surface area contributed by atoms with Gasteiger partial charge in [-0.1, -0.05) is 0 Å². The van der Waals surface area contributed by atoms with E-state index in [0.717, 1.165) is 0 Å². The van der Waals surface area contributed by atoms with Gasteiger partial charge in [-0.05, 0) is 19.4 Å². The van der Waals surface area contributed by atoms with Gasteiger partial charge in [-0.2, -0.15) is 9.40 Å². The Kier molecular flexibility index (Phi) is 4.92. The number of aryl methyl sites for hydroxylation is 2. The van der Waals surface area contributed by atoms with Crippen LogP contribution in [0.5, 0.6) is 0 Å². The summed E-state index contributed by atoms with van der Waals surface area (Å²) in [4.78, 5) is 29.2. The molecule has 140 valence electrons. The largest absolute Gasteiger partial charge is 0.337 e. The first-order chi connectivity index (χ1) is 12.3. The maximum absolute atomic E-state index is 12.8. The number of amides is 1. The number of aromatic nitrogens is 4. The van der Waals surface area contributed by atoms with E-state index in [1.807, 2.05) is 0 Å². The zero-order chi connectivity index (χ0) is 18.9. The molecule has 0 saturated carbocycles. The Morgan fingerprint density at radius 3 is 2.58 bits per heavy atom. The molecule has 2 aromatic rings. The summed E-state index contributed by atoms with van der Waals surface area (Å²) in [6, 6.07) is 2.59. The molecule has 2 aromatic heterocycles. The minimum atomic E-state index is -3.71. The molecule has 0 aromatic carbocycles. The van der Waals surface area contributed by atoms with Crippen LogP contribution in [0.4, 0.5) is 0 Å². The standard InChI is InChI=1S/C15H20N6O4S/c1-11-16-14(10-19(11)2)26(24,25)21-7-3-6-20(8-9-21)15(23)12-4-5-13(22)18-17-12/h4-5,10H,3,6-9H2,1-2H3,(H,18,22). The minimum absolute atomic E-state index is 0.0135. The maximum atomic E-state index is 12.8. The van der Waals surface area contributed by atoms with Crippen molar-refractivity contribution in [2.45, 2.75) is 18.4 Å². The van der Waals surface area contributed by atoms with E-state index in [1.165, 1.54) is 22.6 Å². The summed E-state index contributed by atoms with van der Waals surface area (Å²) in [5.74, 6) is 0.272. The molecule has 1 aliphatic rings. The van der Waals surface area contributed by atoms with Gasteiger partial charge in [0.25, 0.3) is 21.5 Å². The lowest BCUT2D eigenvalue weighted by molar-refractivity contribution is 0.0757. The molecule has 3 heterocycles. The predicted molar refractivity (Wildman–Crippen MR) is 92.1 cm³/mol. The third-order valence-corrected chi connectivity index (χ3v) is 6.10. The molecule has 3 rings (SSSR count). The lowest BCUT2D eigenvalue weighted by Gasteiger charge is -2.21. The van der Waals surface area contributed by atoms with E-state index in [9.17, 15) is 18.0 Å². The highest BCUT2D eigenvalue weighted by molar-refractivity contribution is 7.89. The number of hydrogen-bond donors (Lipinski definition) is 1. The fraction of sp³-hybridized carbons (Fsp3) is 0.467. The van der Waals surface area contributed by atoms with Gasteiger partial charge < -0.3 is 9.47 Å². The van der Waals surface area contributed by atoms with E-state index >= 15 is 0 Å². The third-order valence-electron chi connectivity index (χ3n) is 4.33. The Morgan fingerprint density at radius 1 is 1.19 bits per heavy atom. The molecule has 1 fully saturated rings. The van der Waals surface area contributed by atoms with Crippen LogP contribution in [0.15, 0.2) is 28.2 Å². The Bertz CT molecular complexity index is 940. The third kappa shape index (κ3) is 3.53. The summed E-state index contributed by atoms with van der Waals surface area (Å²) in [6.45, 7) is 2.87. The average molecular weight is 380 g/mol. The van der Waals surface area contributed by atoms with Crippen molar-refractivity contribution in [2.75, 3.05) is 26.2 Å². The van der Waals surface area contributed by atoms with Gasteiger partial charge in [0.05, 0.1) is 0 Å². The molecular formula is C15H20N6O4S. The number of rotatable bonds is 3. The highest BCUT2D eigenvalue weighted by Crippen LogP contribution is 2.17. The molecule has 0 spiro atoms. The Labute approximate surface area is 150 Å². The van der Waals surface area contributed by atoms with E-state index < -0.39 is 10.0 Å². The van der Waals surface area contributed by atoms with Gasteiger partial charge in [0.2, 0.25) is 0 Å². The second-order valence-corrected chi connectivity index (χ2v) is 7.98. The molecule has 0 atom stereocenters. The number of sulfonamides is 1. The van der Waals surface area contributed by atoms with Gasteiger partial charge >= 0.3 is 0 Å². The molecule has 1 N–H and O–H groups in total. The summed E-state index contributed by atoms with van der Waals surface area (Å²) in [6.07, 6.45) is 1.99. The van der Waals surface area contributed by atoms with E-state index in [1.54, 1.807) is 23.4 Å². The first-order valence-corrected chi connectivity index (χ1v) is 9.58. The molecule has 1 aliphatic heterocycles. The molecule has 1 saturated heterocycles. The van der Waals surface area contributed by atoms with Crippen LogP contribution in [0.2, 0.25) is 0 Å². The minimum Gasteiger partial charge on any atom is -0.337 e. The van der Waals surface area contributed by atoms with Crippen molar-refractivity contribution < 1.29 is 13.2 Å². The van der Waals surface area contributed by atoms with Crippen molar-refractivity contribution in [3.8, 4) is 0 Å². The SMILES string of the molecule is Cc1nc(S(=O)(=O)N2CCCN(C(=O)c3ccc(=O)[nH]n3)CC2)cn1C. The number of H-pyrrole nitrogens is 1. The van der Waals surface area contributed by atoms with Crippen molar-refractivity contribution in [1.82, 2.24) is 29.0 Å². The number of imidazole rings is 1. The van der Waals surface area contributed by atoms with Gasteiger partial charge in [-0.25, -0.2) is 18.5 Å². The average Bonchev–Trinajstić information content (AvgIpc) is 2.82. The number of nitrogens with one attached hydrogen (secondary N) is 1. The quantitative estimate of drug-likeness (QED) is 0.755. The lowest BCUT2D eigenvalue weighted by Crippen LogP contribution is -2.38. The van der Waals surface area contributed by atoms with Crippen LogP contribution in [-0.4, -0.2) is 69.5 Å². The van der Waals surface area contributed by atoms with E-state index in [2.05, 4.69) is 15.2 Å². The molecule has 11 heteroatoms. The molecule has 0 radical (unpaired) electrons. The second-order valence-electron chi connectivity index (χ2n) is 6.09. The fourth-order valence-corrected chi connectivity index (χ4v) is 4.24. The molecule has 26 heavy (non-hydrogen) atoms. The molecule has 0 unspecified atom stereocenters. The number of hydrogen-bond acceptors (Lipinski definition) is 6. The van der Waals surface area contributed by atoms with E-state index in [0.29, 0.717) is 25.3 Å². The number of nitrogens with zero attached hydrogens (tertiary/aromatic N) is 5. The van der Waals surface area contributed by atoms with Crippen LogP contribution >= 0.6 is 0 Å². The highest BCUT2D eigenvalue weighted by Gasteiger charge is 2.30. The van der Waals surface area contributed by atoms with Gasteiger partial charge in [-0.15, -0.1) is 0 Å². The van der Waals surface area contributed by atoms with Crippen molar-refractivity contribution >= 4 is 15.9 Å². The summed E-state index contributed by atoms with van der Waals surface area (Å²) in [5.41, 5.74) is -0.262. The van der Waals surface area contributed by atoms with E-state index in [4.69, 9.17) is 0 Å². The lowest BCUT2D eigenvalue weighted by atomic mass is 10.3. The zero-order valence-corrected chi connectivity index (χ0v) is 15.4. The van der Waals surface area contributed by atoms with Crippen molar-refractivity contribution in [1.29, 1.82) is 0 Å². The van der Waals surface area contributed by atoms with Crippen molar-refractivity contribution in [2.24, 2.45) is 7.05 Å². The zero-order valence-electron chi connectivity index (χ0n) is 14.5. The molecule has 10 nitrogen and oxygen atoms in total. The van der Waals surface area contributed by atoms with E-state index in [-0.39, 0.29) is 35.3 Å². The smallest absolute Gasteiger partial charge is 0.274 e. The van der Waals surface area contributed by atoms with Crippen molar-refractivity contribution in [3.63, 3.8) is 0 Å². The maximum Gasteiger partial charge on any atom is 0.274 e. The summed E-state index contributed by atoms with van der Waals surface area (Å²) >= 11 is 0. The summed E-state index contributed by atoms with van der Waals surface area (Å²) in [7, 11) is -1.97. The number of carbonyl (C=O) groups is 1. The molecule has 0 bridgehead atoms. The Morgan fingerprint density at radius 2 is 1.96 bits per heavy atom. The predicted octanol–water partition coefficient (Wildman–Crippen LogP) is -0.651. The van der Waals surface area contributed by atoms with Gasteiger partial charge in [0, 0.05) is 45.5 Å². The second kappa shape index (κ2) is 7.00. The van der Waals surface area contributed by atoms with Crippen LogP contribution in [0, 0.1) is 6.92 Å². The van der Waals surface area contributed by atoms with Crippen LogP contribution < -0.4 is 5.56 Å².